The topological polar surface area (TPSA) is 103 Å². The van der Waals surface area contributed by atoms with Crippen molar-refractivity contribution < 1.29 is 41.0 Å². The lowest BCUT2D eigenvalue weighted by Crippen LogP contribution is -2.31. The number of aliphatic hydroxyl groups is 1. The lowest BCUT2D eigenvalue weighted by Gasteiger charge is -2.23. The van der Waals surface area contributed by atoms with E-state index in [1.165, 1.54) is 24.4 Å². The summed E-state index contributed by atoms with van der Waals surface area (Å²) in [7, 11) is 0. The zero-order chi connectivity index (χ0) is 26.3. The molecule has 2 aromatic heterocycles. The smallest absolute Gasteiger partial charge is 0.450 e. The summed E-state index contributed by atoms with van der Waals surface area (Å²) in [5.41, 5.74) is 3.89. The van der Waals surface area contributed by atoms with E-state index >= 15 is 0 Å². The fourth-order valence-corrected chi connectivity index (χ4v) is 3.80. The van der Waals surface area contributed by atoms with Crippen molar-refractivity contribution in [3.05, 3.63) is 60.1 Å². The second-order valence-corrected chi connectivity index (χ2v) is 8.01. The Balaban J connectivity index is 1.96. The largest absolute Gasteiger partial charge is 0.458 e. The van der Waals surface area contributed by atoms with Gasteiger partial charge in [-0.05, 0) is 30.3 Å². The number of anilines is 1. The zero-order valence-corrected chi connectivity index (χ0v) is 18.2. The van der Waals surface area contributed by atoms with Gasteiger partial charge in [-0.25, -0.2) is 9.97 Å². The van der Waals surface area contributed by atoms with Crippen molar-refractivity contribution in [1.29, 1.82) is 0 Å². The maximum atomic E-state index is 14.1. The Morgan fingerprint density at radius 3 is 2.47 bits per heavy atom. The van der Waals surface area contributed by atoms with Gasteiger partial charge in [0, 0.05) is 29.9 Å². The molecule has 0 spiro atoms. The van der Waals surface area contributed by atoms with Crippen LogP contribution in [0.5, 0.6) is 0 Å². The van der Waals surface area contributed by atoms with Crippen LogP contribution in [0, 0.1) is 0 Å². The number of carbonyl (C=O) groups excluding carboxylic acids is 1. The van der Waals surface area contributed by atoms with Gasteiger partial charge < -0.3 is 15.6 Å². The zero-order valence-electron chi connectivity index (χ0n) is 18.2. The molecule has 0 unspecified atom stereocenters. The molecule has 4 rings (SSSR count). The number of alkyl halides is 6. The Bertz CT molecular complexity index is 1320. The van der Waals surface area contributed by atoms with Crippen molar-refractivity contribution in [2.75, 3.05) is 5.73 Å². The molecule has 0 amide bonds. The SMILES string of the molecule is Nc1cc(-c2nc(C(F)(F)F)n(/C=C/[C@H]3C[C@@H](O)CC(=O)O3)c2-c2cccc(C(F)(F)F)c2)ccn1. The molecule has 0 radical (unpaired) electrons. The van der Waals surface area contributed by atoms with E-state index in [4.69, 9.17) is 10.5 Å². The summed E-state index contributed by atoms with van der Waals surface area (Å²) in [6.45, 7) is 0. The lowest BCUT2D eigenvalue weighted by atomic mass is 10.0. The minimum atomic E-state index is -5.01. The van der Waals surface area contributed by atoms with Crippen molar-refractivity contribution in [3.8, 4) is 22.5 Å². The van der Waals surface area contributed by atoms with Gasteiger partial charge in [0.2, 0.25) is 5.82 Å². The van der Waals surface area contributed by atoms with Gasteiger partial charge in [-0.3, -0.25) is 9.36 Å². The third-order valence-electron chi connectivity index (χ3n) is 5.32. The van der Waals surface area contributed by atoms with Gasteiger partial charge in [0.25, 0.3) is 0 Å². The molecule has 1 saturated heterocycles. The van der Waals surface area contributed by atoms with Crippen molar-refractivity contribution in [1.82, 2.24) is 14.5 Å². The second kappa shape index (κ2) is 9.30. The first kappa shape index (κ1) is 25.2. The van der Waals surface area contributed by atoms with E-state index in [-0.39, 0.29) is 41.2 Å². The summed E-state index contributed by atoms with van der Waals surface area (Å²) in [5, 5.41) is 9.79. The number of ether oxygens (including phenoxy) is 1. The highest BCUT2D eigenvalue weighted by Crippen LogP contribution is 2.41. The minimum absolute atomic E-state index is 0.0377. The first-order chi connectivity index (χ1) is 16.8. The number of aliphatic hydroxyl groups excluding tert-OH is 1. The number of nitrogens with two attached hydrogens (primary N) is 1. The maximum absolute atomic E-state index is 14.1. The Hall–Kier alpha value is -3.87. The summed E-state index contributed by atoms with van der Waals surface area (Å²) in [6, 6.07) is 6.35. The molecule has 36 heavy (non-hydrogen) atoms. The number of rotatable bonds is 4. The molecule has 1 aromatic carbocycles. The average Bonchev–Trinajstić information content (AvgIpc) is 3.17. The predicted molar refractivity (Wildman–Crippen MR) is 116 cm³/mol. The van der Waals surface area contributed by atoms with Gasteiger partial charge in [-0.2, -0.15) is 26.3 Å². The van der Waals surface area contributed by atoms with Gasteiger partial charge in [0.15, 0.2) is 0 Å². The van der Waals surface area contributed by atoms with E-state index < -0.39 is 41.9 Å². The van der Waals surface area contributed by atoms with Crippen LogP contribution in [0.4, 0.5) is 32.2 Å². The fraction of sp³-hybridized carbons (Fsp3) is 0.261. The Morgan fingerprint density at radius 2 is 1.83 bits per heavy atom. The molecule has 1 aliphatic rings. The number of hydrogen-bond donors (Lipinski definition) is 2. The number of aromatic nitrogens is 3. The number of carbonyl (C=O) groups is 1. The molecular formula is C23H18F6N4O3. The Kier molecular flexibility index (Phi) is 6.52. The summed E-state index contributed by atoms with van der Waals surface area (Å²) >= 11 is 0. The van der Waals surface area contributed by atoms with Gasteiger partial charge in [-0.1, -0.05) is 12.1 Å². The van der Waals surface area contributed by atoms with Gasteiger partial charge >= 0.3 is 18.3 Å². The summed E-state index contributed by atoms with van der Waals surface area (Å²) in [5.74, 6) is -2.21. The van der Waals surface area contributed by atoms with Gasteiger partial charge in [0.1, 0.15) is 11.9 Å². The van der Waals surface area contributed by atoms with Crippen molar-refractivity contribution in [3.63, 3.8) is 0 Å². The first-order valence-electron chi connectivity index (χ1n) is 10.5. The number of hydrogen-bond acceptors (Lipinski definition) is 6. The monoisotopic (exact) mass is 512 g/mol. The highest BCUT2D eigenvalue weighted by Gasteiger charge is 2.40. The molecule has 1 aliphatic heterocycles. The molecule has 0 bridgehead atoms. The number of nitrogen functional groups attached to an aromatic ring is 1. The third kappa shape index (κ3) is 5.35. The molecule has 13 heteroatoms. The number of benzene rings is 1. The minimum Gasteiger partial charge on any atom is -0.458 e. The molecule has 190 valence electrons. The van der Waals surface area contributed by atoms with Crippen LogP contribution in [0.25, 0.3) is 28.7 Å². The van der Waals surface area contributed by atoms with E-state index in [0.29, 0.717) is 10.6 Å². The molecule has 0 aliphatic carbocycles. The van der Waals surface area contributed by atoms with Crippen LogP contribution in [0.1, 0.15) is 24.2 Å². The van der Waals surface area contributed by atoms with E-state index in [9.17, 15) is 36.2 Å². The van der Waals surface area contributed by atoms with Crippen LogP contribution in [-0.4, -0.2) is 37.8 Å². The number of pyridine rings is 1. The molecule has 2 atom stereocenters. The van der Waals surface area contributed by atoms with Gasteiger partial charge in [-0.15, -0.1) is 0 Å². The van der Waals surface area contributed by atoms with Crippen molar-refractivity contribution >= 4 is 18.0 Å². The Morgan fingerprint density at radius 1 is 1.08 bits per heavy atom. The van der Waals surface area contributed by atoms with Crippen LogP contribution in [0.3, 0.4) is 0 Å². The second-order valence-electron chi connectivity index (χ2n) is 8.01. The summed E-state index contributed by atoms with van der Waals surface area (Å²) in [4.78, 5) is 19.1. The highest BCUT2D eigenvalue weighted by atomic mass is 19.4. The van der Waals surface area contributed by atoms with E-state index in [0.717, 1.165) is 24.4 Å². The lowest BCUT2D eigenvalue weighted by molar-refractivity contribution is -0.156. The first-order valence-corrected chi connectivity index (χ1v) is 10.5. The van der Waals surface area contributed by atoms with Crippen LogP contribution < -0.4 is 5.73 Å². The van der Waals surface area contributed by atoms with Crippen LogP contribution >= 0.6 is 0 Å². The van der Waals surface area contributed by atoms with Crippen molar-refractivity contribution in [2.24, 2.45) is 0 Å². The van der Waals surface area contributed by atoms with Crippen LogP contribution in [-0.2, 0) is 21.9 Å². The summed E-state index contributed by atoms with van der Waals surface area (Å²) in [6.07, 6.45) is -8.95. The molecule has 3 aromatic rings. The highest BCUT2D eigenvalue weighted by molar-refractivity contribution is 5.82. The van der Waals surface area contributed by atoms with Crippen LogP contribution in [0.2, 0.25) is 0 Å². The number of esters is 1. The molecule has 0 saturated carbocycles. The molecule has 3 heterocycles. The van der Waals surface area contributed by atoms with E-state index in [1.807, 2.05) is 0 Å². The standard InChI is InChI=1S/C23H18F6N4O3/c24-22(25,26)14-3-1-2-13(8-14)20-19(12-4-6-31-17(30)9-12)32-21(23(27,28)29)33(20)7-5-16-10-15(34)11-18(35)36-16/h1-9,15-16,34H,10-11H2,(H2,30,31)/b7-5+/t15-,16+/m1/s1. The van der Waals surface area contributed by atoms with Crippen molar-refractivity contribution in [2.45, 2.75) is 37.4 Å². The van der Waals surface area contributed by atoms with E-state index in [1.54, 1.807) is 0 Å². The van der Waals surface area contributed by atoms with E-state index in [2.05, 4.69) is 9.97 Å². The fourth-order valence-electron chi connectivity index (χ4n) is 3.80. The Labute approximate surface area is 199 Å². The number of imidazole rings is 1. The predicted octanol–water partition coefficient (Wildman–Crippen LogP) is 4.77. The summed E-state index contributed by atoms with van der Waals surface area (Å²) < 4.78 is 88.0. The number of nitrogens with zero attached hydrogens (tertiary/aromatic N) is 3. The third-order valence-corrected chi connectivity index (χ3v) is 5.32. The molecule has 1 fully saturated rings. The average molecular weight is 512 g/mol. The normalized spacial score (nSPS) is 19.0. The van der Waals surface area contributed by atoms with Crippen LogP contribution in [0.15, 0.2) is 48.7 Å². The maximum Gasteiger partial charge on any atom is 0.450 e. The number of cyclic esters (lactones) is 1. The molecule has 3 N–H and O–H groups in total. The molecule has 7 nitrogen and oxygen atoms in total. The molecular weight excluding hydrogens is 494 g/mol. The van der Waals surface area contributed by atoms with Gasteiger partial charge in [0.05, 0.1) is 29.5 Å². The number of halogens is 6. The quantitative estimate of drug-likeness (QED) is 0.386.